The van der Waals surface area contributed by atoms with Crippen LogP contribution in [0, 0.1) is 0 Å². The average Bonchev–Trinajstić information content (AvgIpc) is 2.36. The third-order valence-corrected chi connectivity index (χ3v) is 4.28. The summed E-state index contributed by atoms with van der Waals surface area (Å²) < 4.78 is 22.6. The summed E-state index contributed by atoms with van der Waals surface area (Å²) in [5.74, 6) is 6.35. The molecular formula is C10H18N4O2S. The smallest absolute Gasteiger partial charge is 0.150 e. The minimum atomic E-state index is -2.91. The zero-order chi connectivity index (χ0) is 12.7. The molecule has 96 valence electrons. The van der Waals surface area contributed by atoms with Crippen LogP contribution in [0.1, 0.15) is 31.6 Å². The number of hydrogen-bond donors (Lipinski definition) is 2. The van der Waals surface area contributed by atoms with E-state index in [9.17, 15) is 8.42 Å². The van der Waals surface area contributed by atoms with Crippen LogP contribution >= 0.6 is 0 Å². The van der Waals surface area contributed by atoms with Gasteiger partial charge >= 0.3 is 0 Å². The second-order valence-electron chi connectivity index (χ2n) is 3.70. The first-order valence-corrected chi connectivity index (χ1v) is 7.34. The van der Waals surface area contributed by atoms with Crippen molar-refractivity contribution in [3.63, 3.8) is 0 Å². The van der Waals surface area contributed by atoms with E-state index >= 15 is 0 Å². The summed E-state index contributed by atoms with van der Waals surface area (Å²) in [6, 6.07) is 1.52. The van der Waals surface area contributed by atoms with E-state index in [1.165, 1.54) is 0 Å². The Hall–Kier alpha value is -1.05. The van der Waals surface area contributed by atoms with Gasteiger partial charge < -0.3 is 0 Å². The molecule has 0 radical (unpaired) electrons. The van der Waals surface area contributed by atoms with Crippen LogP contribution in [0.3, 0.4) is 0 Å². The Balaban J connectivity index is 2.50. The topological polar surface area (TPSA) is 98.0 Å². The lowest BCUT2D eigenvalue weighted by Gasteiger charge is -2.13. The summed E-state index contributed by atoms with van der Waals surface area (Å²) in [5, 5.41) is 0. The Kier molecular flexibility index (Phi) is 5.46. The lowest BCUT2D eigenvalue weighted by molar-refractivity contribution is 0.483. The van der Waals surface area contributed by atoms with Gasteiger partial charge in [0.25, 0.3) is 0 Å². The largest absolute Gasteiger partial charge is 0.271 e. The highest BCUT2D eigenvalue weighted by Gasteiger charge is 2.14. The standard InChI is InChI=1S/C10H18N4O2S/c1-2-17(15,16)8-3-5-9(14-11)10-12-6-4-7-13-10/h4,6-7,9,14H,2-3,5,8,11H2,1H3. The van der Waals surface area contributed by atoms with Crippen molar-refractivity contribution in [3.8, 4) is 0 Å². The van der Waals surface area contributed by atoms with Gasteiger partial charge in [0.05, 0.1) is 11.8 Å². The second kappa shape index (κ2) is 6.63. The van der Waals surface area contributed by atoms with Gasteiger partial charge in [0.2, 0.25) is 0 Å². The van der Waals surface area contributed by atoms with E-state index in [1.54, 1.807) is 25.4 Å². The van der Waals surface area contributed by atoms with E-state index in [1.807, 2.05) is 0 Å². The first kappa shape index (κ1) is 14.0. The monoisotopic (exact) mass is 258 g/mol. The number of hydrazine groups is 1. The van der Waals surface area contributed by atoms with Crippen molar-refractivity contribution in [2.75, 3.05) is 11.5 Å². The van der Waals surface area contributed by atoms with Crippen LogP contribution in [0.4, 0.5) is 0 Å². The Bertz CT molecular complexity index is 421. The summed E-state index contributed by atoms with van der Waals surface area (Å²) in [6.45, 7) is 1.65. The third kappa shape index (κ3) is 4.76. The Morgan fingerprint density at radius 2 is 2.06 bits per heavy atom. The quantitative estimate of drug-likeness (QED) is 0.535. The molecule has 0 fully saturated rings. The fourth-order valence-corrected chi connectivity index (χ4v) is 2.32. The molecule has 1 unspecified atom stereocenters. The van der Waals surface area contributed by atoms with E-state index in [0.717, 1.165) is 0 Å². The maximum absolute atomic E-state index is 11.3. The lowest BCUT2D eigenvalue weighted by atomic mass is 10.1. The molecule has 0 amide bonds. The van der Waals surface area contributed by atoms with Crippen LogP contribution in [-0.2, 0) is 9.84 Å². The van der Waals surface area contributed by atoms with Gasteiger partial charge in [-0.1, -0.05) is 6.92 Å². The van der Waals surface area contributed by atoms with E-state index in [4.69, 9.17) is 5.84 Å². The van der Waals surface area contributed by atoms with Crippen LogP contribution in [0.2, 0.25) is 0 Å². The van der Waals surface area contributed by atoms with Crippen molar-refractivity contribution in [1.29, 1.82) is 0 Å². The molecular weight excluding hydrogens is 240 g/mol. The fraction of sp³-hybridized carbons (Fsp3) is 0.600. The van der Waals surface area contributed by atoms with Crippen molar-refractivity contribution < 1.29 is 8.42 Å². The van der Waals surface area contributed by atoms with E-state index in [-0.39, 0.29) is 17.5 Å². The Morgan fingerprint density at radius 1 is 1.41 bits per heavy atom. The first-order chi connectivity index (χ1) is 8.09. The summed E-state index contributed by atoms with van der Waals surface area (Å²) >= 11 is 0. The molecule has 1 atom stereocenters. The number of nitrogens with zero attached hydrogens (tertiary/aromatic N) is 2. The summed E-state index contributed by atoms with van der Waals surface area (Å²) in [4.78, 5) is 8.16. The van der Waals surface area contributed by atoms with Gasteiger partial charge in [0.15, 0.2) is 0 Å². The Labute approximate surface area is 102 Å². The summed E-state index contributed by atoms with van der Waals surface area (Å²) in [7, 11) is -2.91. The maximum atomic E-state index is 11.3. The van der Waals surface area contributed by atoms with Crippen LogP contribution in [0.25, 0.3) is 0 Å². The molecule has 0 spiro atoms. The van der Waals surface area contributed by atoms with Crippen molar-refractivity contribution in [2.24, 2.45) is 5.84 Å². The predicted octanol–water partition coefficient (Wildman–Crippen LogP) is 0.196. The average molecular weight is 258 g/mol. The summed E-state index contributed by atoms with van der Waals surface area (Å²) in [6.07, 6.45) is 4.41. The SMILES string of the molecule is CCS(=O)(=O)CCCC(NN)c1ncccn1. The highest BCUT2D eigenvalue weighted by molar-refractivity contribution is 7.91. The van der Waals surface area contributed by atoms with Gasteiger partial charge in [-0.15, -0.1) is 0 Å². The molecule has 3 N–H and O–H groups in total. The molecule has 1 rings (SSSR count). The van der Waals surface area contributed by atoms with E-state index in [0.29, 0.717) is 18.7 Å². The third-order valence-electron chi connectivity index (χ3n) is 2.49. The van der Waals surface area contributed by atoms with Gasteiger partial charge in [-0.3, -0.25) is 5.84 Å². The molecule has 0 bridgehead atoms. The first-order valence-electron chi connectivity index (χ1n) is 5.52. The molecule has 0 saturated heterocycles. The van der Waals surface area contributed by atoms with Crippen molar-refractivity contribution >= 4 is 9.84 Å². The molecule has 1 heterocycles. The predicted molar refractivity (Wildman–Crippen MR) is 65.7 cm³/mol. The minimum Gasteiger partial charge on any atom is -0.271 e. The van der Waals surface area contributed by atoms with Gasteiger partial charge in [0.1, 0.15) is 15.7 Å². The fourth-order valence-electron chi connectivity index (χ4n) is 1.43. The molecule has 0 saturated carbocycles. The highest BCUT2D eigenvalue weighted by atomic mass is 32.2. The number of sulfone groups is 1. The van der Waals surface area contributed by atoms with Crippen LogP contribution in [0.15, 0.2) is 18.5 Å². The van der Waals surface area contributed by atoms with Crippen molar-refractivity contribution in [1.82, 2.24) is 15.4 Å². The van der Waals surface area contributed by atoms with E-state index in [2.05, 4.69) is 15.4 Å². The summed E-state index contributed by atoms with van der Waals surface area (Å²) in [5.41, 5.74) is 2.60. The Morgan fingerprint density at radius 3 is 2.59 bits per heavy atom. The van der Waals surface area contributed by atoms with Gasteiger partial charge in [-0.2, -0.15) is 0 Å². The number of nitrogens with two attached hydrogens (primary N) is 1. The molecule has 1 aromatic rings. The number of rotatable bonds is 7. The van der Waals surface area contributed by atoms with Crippen LogP contribution in [0.5, 0.6) is 0 Å². The molecule has 0 aliphatic heterocycles. The van der Waals surface area contributed by atoms with Gasteiger partial charge in [-0.25, -0.2) is 23.8 Å². The number of hydrogen-bond acceptors (Lipinski definition) is 6. The molecule has 7 heteroatoms. The molecule has 17 heavy (non-hydrogen) atoms. The molecule has 0 aromatic carbocycles. The van der Waals surface area contributed by atoms with Crippen molar-refractivity contribution in [2.45, 2.75) is 25.8 Å². The van der Waals surface area contributed by atoms with Crippen LogP contribution in [-0.4, -0.2) is 29.9 Å². The van der Waals surface area contributed by atoms with Gasteiger partial charge in [-0.05, 0) is 18.9 Å². The number of aromatic nitrogens is 2. The zero-order valence-corrected chi connectivity index (χ0v) is 10.7. The second-order valence-corrected chi connectivity index (χ2v) is 6.18. The van der Waals surface area contributed by atoms with Gasteiger partial charge in [0, 0.05) is 18.1 Å². The normalized spacial score (nSPS) is 13.5. The molecule has 0 aliphatic rings. The highest BCUT2D eigenvalue weighted by Crippen LogP contribution is 2.13. The zero-order valence-electron chi connectivity index (χ0n) is 9.83. The lowest BCUT2D eigenvalue weighted by Crippen LogP contribution is -2.29. The molecule has 0 aliphatic carbocycles. The van der Waals surface area contributed by atoms with Crippen LogP contribution < -0.4 is 11.3 Å². The maximum Gasteiger partial charge on any atom is 0.150 e. The molecule has 6 nitrogen and oxygen atoms in total. The minimum absolute atomic E-state index is 0.175. The van der Waals surface area contributed by atoms with Crippen molar-refractivity contribution in [3.05, 3.63) is 24.3 Å². The number of nitrogens with one attached hydrogen (secondary N) is 1. The molecule has 1 aromatic heterocycles. The van der Waals surface area contributed by atoms with E-state index < -0.39 is 9.84 Å².